The molecule has 0 heterocycles. The third kappa shape index (κ3) is 18.8. The molecule has 22 heavy (non-hydrogen) atoms. The van der Waals surface area contributed by atoms with Crippen LogP contribution in [-0.2, 0) is 33.2 Å². The molecular formula is C14H26O8. The van der Waals surface area contributed by atoms with Crippen LogP contribution in [0.2, 0.25) is 0 Å². The normalized spacial score (nSPS) is 10.5. The third-order valence-corrected chi connectivity index (χ3v) is 2.18. The molecule has 8 nitrogen and oxygen atoms in total. The molecule has 8 heteroatoms. The molecule has 0 aromatic carbocycles. The summed E-state index contributed by atoms with van der Waals surface area (Å²) in [6.45, 7) is 7.62. The van der Waals surface area contributed by atoms with Crippen LogP contribution in [0, 0.1) is 0 Å². The number of carboxylic acids is 1. The van der Waals surface area contributed by atoms with Gasteiger partial charge < -0.3 is 33.5 Å². The van der Waals surface area contributed by atoms with Crippen LogP contribution in [0.4, 0.5) is 0 Å². The Balaban J connectivity index is 2.97. The van der Waals surface area contributed by atoms with Gasteiger partial charge in [0, 0.05) is 0 Å². The van der Waals surface area contributed by atoms with Crippen molar-refractivity contribution in [2.24, 2.45) is 0 Å². The molecule has 0 unspecified atom stereocenters. The summed E-state index contributed by atoms with van der Waals surface area (Å²) in [5.41, 5.74) is 0. The summed E-state index contributed by atoms with van der Waals surface area (Å²) < 4.78 is 30.7. The summed E-state index contributed by atoms with van der Waals surface area (Å²) in [7, 11) is 0. The van der Waals surface area contributed by atoms with Crippen LogP contribution < -0.4 is 0 Å². The first-order valence-electron chi connectivity index (χ1n) is 7.10. The van der Waals surface area contributed by atoms with E-state index >= 15 is 0 Å². The van der Waals surface area contributed by atoms with Crippen LogP contribution in [0.15, 0.2) is 12.8 Å². The highest BCUT2D eigenvalue weighted by molar-refractivity contribution is 5.67. The van der Waals surface area contributed by atoms with Crippen LogP contribution in [-0.4, -0.2) is 83.8 Å². The van der Waals surface area contributed by atoms with Crippen LogP contribution in [0.1, 0.15) is 0 Å². The Morgan fingerprint density at radius 3 is 1.45 bits per heavy atom. The van der Waals surface area contributed by atoms with E-state index in [0.717, 1.165) is 0 Å². The number of carbonyl (C=O) groups is 1. The van der Waals surface area contributed by atoms with Crippen molar-refractivity contribution in [3.63, 3.8) is 0 Å². The molecule has 0 saturated carbocycles. The lowest BCUT2D eigenvalue weighted by molar-refractivity contribution is -0.142. The van der Waals surface area contributed by atoms with Crippen molar-refractivity contribution in [2.75, 3.05) is 72.7 Å². The quantitative estimate of drug-likeness (QED) is 0.285. The molecule has 0 saturated heterocycles. The number of carboxylic acid groups (broad SMARTS) is 1. The number of aliphatic carboxylic acids is 1. The molecule has 1 N–H and O–H groups in total. The molecule has 0 radical (unpaired) electrons. The van der Waals surface area contributed by atoms with Gasteiger partial charge in [-0.15, -0.1) is 0 Å². The molecule has 0 amide bonds. The molecule has 0 aromatic rings. The highest BCUT2D eigenvalue weighted by Crippen LogP contribution is 1.84. The number of hydrogen-bond donors (Lipinski definition) is 1. The second-order valence-corrected chi connectivity index (χ2v) is 3.93. The van der Waals surface area contributed by atoms with Gasteiger partial charge in [-0.1, -0.05) is 6.58 Å². The van der Waals surface area contributed by atoms with Crippen molar-refractivity contribution in [3.8, 4) is 0 Å². The maximum atomic E-state index is 10.1. The lowest BCUT2D eigenvalue weighted by atomic mass is 10.7. The fourth-order valence-corrected chi connectivity index (χ4v) is 1.23. The van der Waals surface area contributed by atoms with Crippen molar-refractivity contribution in [1.29, 1.82) is 0 Å². The van der Waals surface area contributed by atoms with Crippen molar-refractivity contribution in [2.45, 2.75) is 0 Å². The van der Waals surface area contributed by atoms with Gasteiger partial charge in [0.15, 0.2) is 0 Å². The minimum atomic E-state index is -0.987. The van der Waals surface area contributed by atoms with E-state index in [9.17, 15) is 4.79 Å². The summed E-state index contributed by atoms with van der Waals surface area (Å²) in [4.78, 5) is 10.1. The highest BCUT2D eigenvalue weighted by Gasteiger charge is 1.96. The molecule has 0 aliphatic rings. The summed E-state index contributed by atoms with van der Waals surface area (Å²) in [6, 6.07) is 0. The molecule has 0 aliphatic carbocycles. The van der Waals surface area contributed by atoms with E-state index < -0.39 is 5.97 Å². The summed E-state index contributed by atoms with van der Waals surface area (Å²) >= 11 is 0. The molecular weight excluding hydrogens is 296 g/mol. The maximum absolute atomic E-state index is 10.1. The van der Waals surface area contributed by atoms with E-state index in [-0.39, 0.29) is 13.2 Å². The van der Waals surface area contributed by atoms with Crippen LogP contribution >= 0.6 is 0 Å². The Kier molecular flexibility index (Phi) is 16.9. The predicted octanol–water partition coefficient (Wildman–Crippen LogP) is 0.314. The SMILES string of the molecule is C=COCCOCCOCCOCCOCCOCC(=O)O. The fraction of sp³-hybridized carbons (Fsp3) is 0.786. The van der Waals surface area contributed by atoms with Crippen molar-refractivity contribution in [3.05, 3.63) is 12.8 Å². The van der Waals surface area contributed by atoms with E-state index in [2.05, 4.69) is 6.58 Å². The average Bonchev–Trinajstić information content (AvgIpc) is 2.50. The van der Waals surface area contributed by atoms with Gasteiger partial charge in [-0.25, -0.2) is 4.79 Å². The number of ether oxygens (including phenoxy) is 6. The van der Waals surface area contributed by atoms with Crippen LogP contribution in [0.25, 0.3) is 0 Å². The van der Waals surface area contributed by atoms with Gasteiger partial charge in [0.2, 0.25) is 0 Å². The zero-order valence-electron chi connectivity index (χ0n) is 12.9. The van der Waals surface area contributed by atoms with Crippen molar-refractivity contribution in [1.82, 2.24) is 0 Å². The fourth-order valence-electron chi connectivity index (χ4n) is 1.23. The standard InChI is InChI=1S/C14H26O8/c1-2-17-3-4-18-5-6-19-7-8-20-9-10-21-11-12-22-13-14(15)16/h2H,1,3-13H2,(H,15,16). The number of rotatable bonds is 18. The first kappa shape index (κ1) is 20.8. The second kappa shape index (κ2) is 17.9. The lowest BCUT2D eigenvalue weighted by Crippen LogP contribution is -2.15. The zero-order valence-corrected chi connectivity index (χ0v) is 12.9. The third-order valence-electron chi connectivity index (χ3n) is 2.18. The smallest absolute Gasteiger partial charge is 0.329 e. The first-order chi connectivity index (χ1) is 10.8. The summed E-state index contributed by atoms with van der Waals surface area (Å²) in [6.07, 6.45) is 1.38. The number of hydrogen-bond acceptors (Lipinski definition) is 7. The van der Waals surface area contributed by atoms with Crippen molar-refractivity contribution < 1.29 is 38.3 Å². The van der Waals surface area contributed by atoms with E-state index in [1.54, 1.807) is 0 Å². The Morgan fingerprint density at radius 1 is 0.727 bits per heavy atom. The Bertz CT molecular complexity index is 259. The van der Waals surface area contributed by atoms with Gasteiger partial charge in [0.05, 0.1) is 65.7 Å². The summed E-state index contributed by atoms with van der Waals surface area (Å²) in [5.74, 6) is -0.987. The van der Waals surface area contributed by atoms with E-state index in [0.29, 0.717) is 59.5 Å². The minimum Gasteiger partial charge on any atom is -0.499 e. The van der Waals surface area contributed by atoms with E-state index in [1.807, 2.05) is 0 Å². The van der Waals surface area contributed by atoms with Gasteiger partial charge in [-0.05, 0) is 0 Å². The monoisotopic (exact) mass is 322 g/mol. The average molecular weight is 322 g/mol. The topological polar surface area (TPSA) is 92.7 Å². The summed E-state index contributed by atoms with van der Waals surface area (Å²) in [5, 5.41) is 8.32. The van der Waals surface area contributed by atoms with Crippen LogP contribution in [0.5, 0.6) is 0 Å². The van der Waals surface area contributed by atoms with E-state index in [4.69, 9.17) is 33.5 Å². The predicted molar refractivity (Wildman–Crippen MR) is 77.9 cm³/mol. The highest BCUT2D eigenvalue weighted by atomic mass is 16.6. The van der Waals surface area contributed by atoms with Gasteiger partial charge in [0.1, 0.15) is 13.2 Å². The van der Waals surface area contributed by atoms with Crippen LogP contribution in [0.3, 0.4) is 0 Å². The van der Waals surface area contributed by atoms with Gasteiger partial charge >= 0.3 is 5.97 Å². The molecule has 0 bridgehead atoms. The Labute approximate surface area is 130 Å². The molecule has 0 fully saturated rings. The minimum absolute atomic E-state index is 0.257. The lowest BCUT2D eigenvalue weighted by Gasteiger charge is -2.07. The van der Waals surface area contributed by atoms with Gasteiger partial charge in [-0.2, -0.15) is 0 Å². The van der Waals surface area contributed by atoms with E-state index in [1.165, 1.54) is 6.26 Å². The Morgan fingerprint density at radius 2 is 1.09 bits per heavy atom. The van der Waals surface area contributed by atoms with Gasteiger partial charge in [-0.3, -0.25) is 0 Å². The Hall–Kier alpha value is -1.19. The van der Waals surface area contributed by atoms with Crippen molar-refractivity contribution >= 4 is 5.97 Å². The largest absolute Gasteiger partial charge is 0.499 e. The molecule has 0 aliphatic heterocycles. The zero-order chi connectivity index (χ0) is 16.3. The second-order valence-electron chi connectivity index (χ2n) is 3.93. The maximum Gasteiger partial charge on any atom is 0.329 e. The molecule has 130 valence electrons. The molecule has 0 atom stereocenters. The molecule has 0 spiro atoms. The molecule has 0 aromatic heterocycles. The molecule has 0 rings (SSSR count). The first-order valence-corrected chi connectivity index (χ1v) is 7.10. The van der Waals surface area contributed by atoms with Gasteiger partial charge in [0.25, 0.3) is 0 Å².